The van der Waals surface area contributed by atoms with Crippen molar-refractivity contribution in [2.75, 3.05) is 14.2 Å². The van der Waals surface area contributed by atoms with Crippen molar-refractivity contribution in [1.29, 1.82) is 0 Å². The Morgan fingerprint density at radius 2 is 2.00 bits per heavy atom. The molecule has 1 unspecified atom stereocenters. The minimum absolute atomic E-state index is 0.00645. The summed E-state index contributed by atoms with van der Waals surface area (Å²) < 4.78 is 5.13. The second kappa shape index (κ2) is 5.07. The molecular formula is C13H16N3O2S+. The number of nitrogens with two attached hydrogens (primary N) is 1. The monoisotopic (exact) mass is 278 g/mol. The molecule has 19 heavy (non-hydrogen) atoms. The molecule has 1 aromatic rings. The summed E-state index contributed by atoms with van der Waals surface area (Å²) in [7, 11) is 3.42. The summed E-state index contributed by atoms with van der Waals surface area (Å²) >= 11 is 1.37. The van der Waals surface area contributed by atoms with Crippen LogP contribution in [0.5, 0.6) is 5.75 Å². The SMILES string of the molecule is COc1ccc(C2=CSC(=NN)[N+]2(C)C(C)=O)cc1. The van der Waals surface area contributed by atoms with Gasteiger partial charge in [0.15, 0.2) is 5.70 Å². The van der Waals surface area contributed by atoms with Crippen molar-refractivity contribution in [2.24, 2.45) is 10.9 Å². The summed E-state index contributed by atoms with van der Waals surface area (Å²) in [4.78, 5) is 12.0. The van der Waals surface area contributed by atoms with Crippen molar-refractivity contribution in [3.8, 4) is 5.75 Å². The molecule has 0 saturated heterocycles. The molecule has 1 aliphatic rings. The summed E-state index contributed by atoms with van der Waals surface area (Å²) in [5, 5.41) is 6.21. The van der Waals surface area contributed by atoms with Gasteiger partial charge in [-0.1, -0.05) is 0 Å². The highest BCUT2D eigenvalue weighted by Gasteiger charge is 2.45. The highest BCUT2D eigenvalue weighted by molar-refractivity contribution is 8.16. The lowest BCUT2D eigenvalue weighted by molar-refractivity contribution is -0.654. The van der Waals surface area contributed by atoms with Gasteiger partial charge in [-0.2, -0.15) is 4.48 Å². The van der Waals surface area contributed by atoms with Gasteiger partial charge in [0.25, 0.3) is 5.17 Å². The number of amidine groups is 1. The number of hydrazone groups is 1. The number of quaternary nitrogens is 1. The Morgan fingerprint density at radius 1 is 1.37 bits per heavy atom. The number of amides is 1. The summed E-state index contributed by atoms with van der Waals surface area (Å²) in [5.74, 6) is 6.13. The molecule has 1 aliphatic heterocycles. The van der Waals surface area contributed by atoms with Crippen LogP contribution in [0.4, 0.5) is 0 Å². The smallest absolute Gasteiger partial charge is 0.322 e. The van der Waals surface area contributed by atoms with Crippen LogP contribution in [0.15, 0.2) is 34.8 Å². The first-order chi connectivity index (χ1) is 9.03. The van der Waals surface area contributed by atoms with Gasteiger partial charge < -0.3 is 10.6 Å². The van der Waals surface area contributed by atoms with Gasteiger partial charge in [0.05, 0.1) is 21.1 Å². The molecule has 0 bridgehead atoms. The van der Waals surface area contributed by atoms with Gasteiger partial charge in [-0.3, -0.25) is 0 Å². The maximum Gasteiger partial charge on any atom is 0.322 e. The Labute approximate surface area is 116 Å². The first kappa shape index (κ1) is 13.6. The van der Waals surface area contributed by atoms with Crippen molar-refractivity contribution in [2.45, 2.75) is 6.92 Å². The molecule has 2 rings (SSSR count). The van der Waals surface area contributed by atoms with Gasteiger partial charge in [-0.25, -0.2) is 4.79 Å². The second-order valence-corrected chi connectivity index (χ2v) is 5.12. The number of nitrogens with zero attached hydrogens (tertiary/aromatic N) is 2. The molecule has 0 fully saturated rings. The Morgan fingerprint density at radius 3 is 2.47 bits per heavy atom. The summed E-state index contributed by atoms with van der Waals surface area (Å²) in [6, 6.07) is 7.57. The quantitative estimate of drug-likeness (QED) is 0.510. The number of methoxy groups -OCH3 is 1. The fourth-order valence-corrected chi connectivity index (χ4v) is 3.02. The van der Waals surface area contributed by atoms with Gasteiger partial charge in [0, 0.05) is 11.0 Å². The third-order valence-electron chi connectivity index (χ3n) is 3.27. The normalized spacial score (nSPS) is 24.4. The maximum absolute atomic E-state index is 12.0. The highest BCUT2D eigenvalue weighted by Crippen LogP contribution is 2.39. The molecule has 100 valence electrons. The van der Waals surface area contributed by atoms with Crippen molar-refractivity contribution in [1.82, 2.24) is 0 Å². The first-order valence-electron chi connectivity index (χ1n) is 5.72. The molecule has 0 aliphatic carbocycles. The topological polar surface area (TPSA) is 64.7 Å². The van der Waals surface area contributed by atoms with Crippen LogP contribution in [0.1, 0.15) is 12.5 Å². The fraction of sp³-hybridized carbons (Fsp3) is 0.231. The van der Waals surface area contributed by atoms with Gasteiger partial charge in [0.1, 0.15) is 5.75 Å². The standard InChI is InChI=1S/C13H16N3O2S/c1-9(17)16(2)12(8-19-13(16)15-14)10-4-6-11(18-3)7-5-10/h4-8H,14H2,1-3H3/q+1. The summed E-state index contributed by atoms with van der Waals surface area (Å²) in [6.45, 7) is 1.54. The van der Waals surface area contributed by atoms with Crippen LogP contribution < -0.4 is 10.6 Å². The van der Waals surface area contributed by atoms with Crippen LogP contribution in [0.3, 0.4) is 0 Å². The number of rotatable bonds is 2. The molecule has 1 atom stereocenters. The highest BCUT2D eigenvalue weighted by atomic mass is 32.2. The number of hydrogen-bond acceptors (Lipinski definition) is 5. The average molecular weight is 278 g/mol. The van der Waals surface area contributed by atoms with Gasteiger partial charge in [0.2, 0.25) is 0 Å². The van der Waals surface area contributed by atoms with E-state index in [2.05, 4.69) is 5.10 Å². The zero-order valence-corrected chi connectivity index (χ0v) is 11.9. The van der Waals surface area contributed by atoms with Crippen molar-refractivity contribution < 1.29 is 14.0 Å². The molecule has 6 heteroatoms. The Kier molecular flexibility index (Phi) is 3.64. The lowest BCUT2D eigenvalue weighted by atomic mass is 10.1. The number of benzene rings is 1. The van der Waals surface area contributed by atoms with E-state index in [0.29, 0.717) is 5.17 Å². The van der Waals surface area contributed by atoms with Crippen LogP contribution >= 0.6 is 11.8 Å². The van der Waals surface area contributed by atoms with Gasteiger partial charge in [-0.15, -0.1) is 5.10 Å². The van der Waals surface area contributed by atoms with E-state index < -0.39 is 0 Å². The molecule has 5 nitrogen and oxygen atoms in total. The largest absolute Gasteiger partial charge is 0.497 e. The van der Waals surface area contributed by atoms with Crippen molar-refractivity contribution >= 4 is 28.5 Å². The molecule has 0 aromatic heterocycles. The Hall–Kier alpha value is -1.79. The third kappa shape index (κ3) is 2.13. The number of carbonyl (C=O) groups is 1. The van der Waals surface area contributed by atoms with Crippen LogP contribution in [-0.2, 0) is 4.79 Å². The average Bonchev–Trinajstić information content (AvgIpc) is 2.77. The van der Waals surface area contributed by atoms with Crippen LogP contribution in [0, 0.1) is 0 Å². The molecule has 0 spiro atoms. The zero-order chi connectivity index (χ0) is 14.0. The maximum atomic E-state index is 12.0. The number of ether oxygens (including phenoxy) is 1. The van der Waals surface area contributed by atoms with E-state index in [1.54, 1.807) is 14.2 Å². The van der Waals surface area contributed by atoms with Crippen molar-refractivity contribution in [3.63, 3.8) is 0 Å². The predicted octanol–water partition coefficient (Wildman–Crippen LogP) is 1.96. The number of carbonyl (C=O) groups excluding carboxylic acids is 1. The molecule has 1 heterocycles. The van der Waals surface area contributed by atoms with Crippen LogP contribution in [0.2, 0.25) is 0 Å². The van der Waals surface area contributed by atoms with Gasteiger partial charge >= 0.3 is 5.91 Å². The van der Waals surface area contributed by atoms with E-state index >= 15 is 0 Å². The molecule has 2 N–H and O–H groups in total. The number of thioether (sulfide) groups is 1. The van der Waals surface area contributed by atoms with E-state index in [-0.39, 0.29) is 10.4 Å². The van der Waals surface area contributed by atoms with E-state index in [0.717, 1.165) is 17.0 Å². The molecule has 1 aromatic carbocycles. The van der Waals surface area contributed by atoms with Crippen LogP contribution in [-0.4, -0.2) is 29.7 Å². The molecular weight excluding hydrogens is 262 g/mol. The Bertz CT molecular complexity index is 566. The zero-order valence-electron chi connectivity index (χ0n) is 11.1. The van der Waals surface area contributed by atoms with E-state index in [1.807, 2.05) is 29.7 Å². The predicted molar refractivity (Wildman–Crippen MR) is 77.0 cm³/mol. The van der Waals surface area contributed by atoms with Gasteiger partial charge in [-0.05, 0) is 36.0 Å². The minimum atomic E-state index is -0.0312. The van der Waals surface area contributed by atoms with Crippen LogP contribution in [0.25, 0.3) is 5.70 Å². The lowest BCUT2D eigenvalue weighted by Gasteiger charge is -2.26. The molecule has 1 amide bonds. The molecule has 0 radical (unpaired) electrons. The van der Waals surface area contributed by atoms with E-state index in [9.17, 15) is 4.79 Å². The first-order valence-corrected chi connectivity index (χ1v) is 6.60. The van der Waals surface area contributed by atoms with E-state index in [1.165, 1.54) is 18.7 Å². The van der Waals surface area contributed by atoms with E-state index in [4.69, 9.17) is 10.6 Å². The summed E-state index contributed by atoms with van der Waals surface area (Å²) in [6.07, 6.45) is 0. The second-order valence-electron chi connectivity index (χ2n) is 4.29. The molecule has 0 saturated carbocycles. The van der Waals surface area contributed by atoms with Crippen molar-refractivity contribution in [3.05, 3.63) is 35.2 Å². The third-order valence-corrected chi connectivity index (χ3v) is 4.29. The lowest BCUT2D eigenvalue weighted by Crippen LogP contribution is -2.47. The number of hydrogen-bond donors (Lipinski definition) is 1. The fourth-order valence-electron chi connectivity index (χ4n) is 1.96. The summed E-state index contributed by atoms with van der Waals surface area (Å²) in [5.41, 5.74) is 1.81. The minimum Gasteiger partial charge on any atom is -0.497 e. The Balaban J connectivity index is 2.46.